The second-order valence-corrected chi connectivity index (χ2v) is 5.65. The lowest BCUT2D eigenvalue weighted by Gasteiger charge is -2.09. The van der Waals surface area contributed by atoms with Crippen LogP contribution in [0.25, 0.3) is 11.3 Å². The van der Waals surface area contributed by atoms with Crippen molar-refractivity contribution in [1.29, 1.82) is 0 Å². The van der Waals surface area contributed by atoms with Gasteiger partial charge in [-0.15, -0.1) is 12.4 Å². The van der Waals surface area contributed by atoms with Crippen molar-refractivity contribution in [3.8, 4) is 17.0 Å². The number of aromatic nitrogens is 3. The summed E-state index contributed by atoms with van der Waals surface area (Å²) in [7, 11) is 3.66. The summed E-state index contributed by atoms with van der Waals surface area (Å²) in [6, 6.07) is 12.1. The van der Waals surface area contributed by atoms with Crippen molar-refractivity contribution >= 4 is 12.4 Å². The molecule has 0 saturated carbocycles. The minimum atomic E-state index is 0. The molecule has 0 radical (unpaired) electrons. The third-order valence-corrected chi connectivity index (χ3v) is 3.94. The van der Waals surface area contributed by atoms with Gasteiger partial charge in [0.15, 0.2) is 0 Å². The fraction of sp³-hybridized carbons (Fsp3) is 0.263. The van der Waals surface area contributed by atoms with E-state index in [9.17, 15) is 0 Å². The van der Waals surface area contributed by atoms with Crippen LogP contribution in [-0.4, -0.2) is 28.4 Å². The molecule has 0 amide bonds. The van der Waals surface area contributed by atoms with Gasteiger partial charge >= 0.3 is 0 Å². The first kappa shape index (κ1) is 19.0. The molecule has 2 heterocycles. The maximum Gasteiger partial charge on any atom is 0.122 e. The standard InChI is InChI=1S/C19H22N4O.ClH/c1-23-14-17(19(22-23)16-8-10-20-11-9-16)13-21-12-7-15-5-3-4-6-18(15)24-2;/h3-6,8-11,14,21H,7,12-13H2,1-2H3;1H. The van der Waals surface area contributed by atoms with Crippen molar-refractivity contribution in [2.24, 2.45) is 7.05 Å². The number of nitrogens with zero attached hydrogens (tertiary/aromatic N) is 3. The molecule has 0 aliphatic rings. The van der Waals surface area contributed by atoms with Gasteiger partial charge in [0.2, 0.25) is 0 Å². The molecule has 0 unspecified atom stereocenters. The smallest absolute Gasteiger partial charge is 0.122 e. The Kier molecular flexibility index (Phi) is 6.98. The van der Waals surface area contributed by atoms with Gasteiger partial charge in [0, 0.05) is 43.3 Å². The van der Waals surface area contributed by atoms with Crippen LogP contribution in [0.4, 0.5) is 0 Å². The molecule has 6 heteroatoms. The quantitative estimate of drug-likeness (QED) is 0.659. The third kappa shape index (κ3) is 4.81. The summed E-state index contributed by atoms with van der Waals surface area (Å²) in [6.45, 7) is 1.66. The molecule has 1 aromatic carbocycles. The van der Waals surface area contributed by atoms with Gasteiger partial charge in [-0.25, -0.2) is 0 Å². The Labute approximate surface area is 154 Å². The fourth-order valence-corrected chi connectivity index (χ4v) is 2.78. The Morgan fingerprint density at radius 2 is 1.84 bits per heavy atom. The lowest BCUT2D eigenvalue weighted by molar-refractivity contribution is 0.409. The molecule has 0 aliphatic carbocycles. The van der Waals surface area contributed by atoms with E-state index in [2.05, 4.69) is 27.7 Å². The number of nitrogens with one attached hydrogen (secondary N) is 1. The number of benzene rings is 1. The van der Waals surface area contributed by atoms with Crippen LogP contribution >= 0.6 is 12.4 Å². The van der Waals surface area contributed by atoms with Crippen molar-refractivity contribution in [2.45, 2.75) is 13.0 Å². The summed E-state index contributed by atoms with van der Waals surface area (Å²) < 4.78 is 7.25. The predicted octanol–water partition coefficient (Wildman–Crippen LogP) is 3.24. The average molecular weight is 359 g/mol. The normalized spacial score (nSPS) is 10.3. The van der Waals surface area contributed by atoms with Crippen LogP contribution in [0, 0.1) is 0 Å². The highest BCUT2D eigenvalue weighted by atomic mass is 35.5. The van der Waals surface area contributed by atoms with Gasteiger partial charge in [-0.3, -0.25) is 9.67 Å². The highest BCUT2D eigenvalue weighted by Gasteiger charge is 2.09. The first-order valence-corrected chi connectivity index (χ1v) is 8.03. The number of methoxy groups -OCH3 is 1. The van der Waals surface area contributed by atoms with E-state index >= 15 is 0 Å². The van der Waals surface area contributed by atoms with E-state index in [-0.39, 0.29) is 12.4 Å². The first-order chi connectivity index (χ1) is 11.8. The topological polar surface area (TPSA) is 52.0 Å². The monoisotopic (exact) mass is 358 g/mol. The molecule has 0 fully saturated rings. The summed E-state index contributed by atoms with van der Waals surface area (Å²) in [5.74, 6) is 0.943. The molecule has 3 rings (SSSR count). The van der Waals surface area contributed by atoms with Crippen molar-refractivity contribution in [2.75, 3.05) is 13.7 Å². The van der Waals surface area contributed by atoms with E-state index in [1.807, 2.05) is 42.1 Å². The van der Waals surface area contributed by atoms with E-state index in [1.54, 1.807) is 19.5 Å². The zero-order chi connectivity index (χ0) is 16.8. The summed E-state index contributed by atoms with van der Waals surface area (Å²) in [5, 5.41) is 8.07. The lowest BCUT2D eigenvalue weighted by atomic mass is 10.1. The maximum absolute atomic E-state index is 5.39. The number of halogens is 1. The second kappa shape index (κ2) is 9.20. The molecule has 0 saturated heterocycles. The number of rotatable bonds is 7. The van der Waals surface area contributed by atoms with Gasteiger partial charge in [-0.2, -0.15) is 5.10 Å². The van der Waals surface area contributed by atoms with Crippen molar-refractivity contribution in [3.05, 3.63) is 66.1 Å². The van der Waals surface area contributed by atoms with E-state index in [0.717, 1.165) is 36.5 Å². The van der Waals surface area contributed by atoms with Gasteiger partial charge in [-0.1, -0.05) is 18.2 Å². The van der Waals surface area contributed by atoms with Crippen molar-refractivity contribution in [1.82, 2.24) is 20.1 Å². The van der Waals surface area contributed by atoms with Crippen molar-refractivity contribution in [3.63, 3.8) is 0 Å². The van der Waals surface area contributed by atoms with Gasteiger partial charge in [-0.05, 0) is 36.7 Å². The van der Waals surface area contributed by atoms with Gasteiger partial charge in [0.25, 0.3) is 0 Å². The maximum atomic E-state index is 5.39. The lowest BCUT2D eigenvalue weighted by Crippen LogP contribution is -2.17. The highest BCUT2D eigenvalue weighted by Crippen LogP contribution is 2.21. The van der Waals surface area contributed by atoms with Crippen LogP contribution in [0.3, 0.4) is 0 Å². The number of hydrogen-bond donors (Lipinski definition) is 1. The number of hydrogen-bond acceptors (Lipinski definition) is 4. The van der Waals surface area contributed by atoms with Crippen LogP contribution in [-0.2, 0) is 20.0 Å². The molecule has 25 heavy (non-hydrogen) atoms. The third-order valence-electron chi connectivity index (χ3n) is 3.94. The Bertz CT molecular complexity index is 789. The highest BCUT2D eigenvalue weighted by molar-refractivity contribution is 5.85. The predicted molar refractivity (Wildman–Crippen MR) is 102 cm³/mol. The first-order valence-electron chi connectivity index (χ1n) is 8.03. The molecular formula is C19H23ClN4O. The second-order valence-electron chi connectivity index (χ2n) is 5.65. The summed E-state index contributed by atoms with van der Waals surface area (Å²) in [6.07, 6.45) is 6.58. The van der Waals surface area contributed by atoms with Gasteiger partial charge < -0.3 is 10.1 Å². The molecule has 2 aromatic heterocycles. The summed E-state index contributed by atoms with van der Waals surface area (Å²) in [5.41, 5.74) is 4.49. The SMILES string of the molecule is COc1ccccc1CCNCc1cn(C)nc1-c1ccncc1.Cl. The number of ether oxygens (including phenoxy) is 1. The molecule has 0 spiro atoms. The number of para-hydroxylation sites is 1. The number of aryl methyl sites for hydroxylation is 1. The molecule has 0 aliphatic heterocycles. The molecular weight excluding hydrogens is 336 g/mol. The minimum absolute atomic E-state index is 0. The zero-order valence-corrected chi connectivity index (χ0v) is 15.3. The average Bonchev–Trinajstić information content (AvgIpc) is 3.00. The molecule has 0 bridgehead atoms. The molecule has 5 nitrogen and oxygen atoms in total. The van der Waals surface area contributed by atoms with Crippen molar-refractivity contribution < 1.29 is 4.74 Å². The molecule has 0 atom stereocenters. The molecule has 3 aromatic rings. The summed E-state index contributed by atoms with van der Waals surface area (Å²) in [4.78, 5) is 4.07. The Balaban J connectivity index is 0.00000225. The van der Waals surface area contributed by atoms with Crippen LogP contribution in [0.1, 0.15) is 11.1 Å². The van der Waals surface area contributed by atoms with Crippen LogP contribution < -0.4 is 10.1 Å². The fourth-order valence-electron chi connectivity index (χ4n) is 2.78. The van der Waals surface area contributed by atoms with E-state index in [4.69, 9.17) is 4.74 Å². The van der Waals surface area contributed by atoms with E-state index in [1.165, 1.54) is 11.1 Å². The number of pyridine rings is 1. The van der Waals surface area contributed by atoms with Crippen LogP contribution in [0.5, 0.6) is 5.75 Å². The van der Waals surface area contributed by atoms with Gasteiger partial charge in [0.05, 0.1) is 12.8 Å². The Morgan fingerprint density at radius 3 is 2.60 bits per heavy atom. The zero-order valence-electron chi connectivity index (χ0n) is 14.5. The minimum Gasteiger partial charge on any atom is -0.496 e. The van der Waals surface area contributed by atoms with Crippen LogP contribution in [0.2, 0.25) is 0 Å². The van der Waals surface area contributed by atoms with Crippen LogP contribution in [0.15, 0.2) is 55.0 Å². The summed E-state index contributed by atoms with van der Waals surface area (Å²) >= 11 is 0. The largest absolute Gasteiger partial charge is 0.496 e. The molecule has 1 N–H and O–H groups in total. The molecule has 132 valence electrons. The Hall–Kier alpha value is -2.37. The van der Waals surface area contributed by atoms with E-state index < -0.39 is 0 Å². The Morgan fingerprint density at radius 1 is 1.08 bits per heavy atom. The van der Waals surface area contributed by atoms with E-state index in [0.29, 0.717) is 0 Å². The van der Waals surface area contributed by atoms with Gasteiger partial charge in [0.1, 0.15) is 5.75 Å².